The van der Waals surface area contributed by atoms with Gasteiger partial charge in [0.15, 0.2) is 0 Å². The average molecular weight is 233 g/mol. The first-order chi connectivity index (χ1) is 7.93. The third-order valence-electron chi connectivity index (χ3n) is 2.32. The van der Waals surface area contributed by atoms with Gasteiger partial charge in [-0.05, 0) is 6.42 Å². The van der Waals surface area contributed by atoms with E-state index in [0.29, 0.717) is 13.2 Å². The summed E-state index contributed by atoms with van der Waals surface area (Å²) in [4.78, 5) is 0. The lowest BCUT2D eigenvalue weighted by Gasteiger charge is -2.23. The molecule has 0 saturated carbocycles. The molecule has 1 aliphatic rings. The van der Waals surface area contributed by atoms with E-state index in [2.05, 4.69) is 5.32 Å². The summed E-state index contributed by atoms with van der Waals surface area (Å²) in [6.45, 7) is 6.07. The molecule has 0 aromatic heterocycles. The molecule has 1 heterocycles. The van der Waals surface area contributed by atoms with Gasteiger partial charge in [-0.2, -0.15) is 0 Å². The zero-order valence-electron chi connectivity index (χ0n) is 10.1. The van der Waals surface area contributed by atoms with Gasteiger partial charge in [0, 0.05) is 33.4 Å². The van der Waals surface area contributed by atoms with Crippen molar-refractivity contribution in [3.8, 4) is 0 Å². The number of hydrogen-bond donors (Lipinski definition) is 1. The van der Waals surface area contributed by atoms with Crippen LogP contribution < -0.4 is 5.32 Å². The summed E-state index contributed by atoms with van der Waals surface area (Å²) in [7, 11) is 1.70. The van der Waals surface area contributed by atoms with E-state index in [-0.39, 0.29) is 6.10 Å². The highest BCUT2D eigenvalue weighted by Crippen LogP contribution is 1.98. The summed E-state index contributed by atoms with van der Waals surface area (Å²) in [5.41, 5.74) is 0. The van der Waals surface area contributed by atoms with Crippen LogP contribution in [0, 0.1) is 0 Å². The molecule has 0 aromatic rings. The maximum atomic E-state index is 5.49. The summed E-state index contributed by atoms with van der Waals surface area (Å²) < 4.78 is 21.1. The van der Waals surface area contributed by atoms with E-state index in [4.69, 9.17) is 18.9 Å². The van der Waals surface area contributed by atoms with Crippen molar-refractivity contribution >= 4 is 0 Å². The standard InChI is InChI=1S/C11H23NO4/c1-13-4-2-5-14-6-3-12-9-11-10-15-7-8-16-11/h11-12H,2-10H2,1H3. The summed E-state index contributed by atoms with van der Waals surface area (Å²) in [6, 6.07) is 0. The molecule has 0 bridgehead atoms. The molecule has 1 rings (SSSR count). The summed E-state index contributed by atoms with van der Waals surface area (Å²) in [5.74, 6) is 0. The molecule has 0 aromatic carbocycles. The monoisotopic (exact) mass is 233 g/mol. The fraction of sp³-hybridized carbons (Fsp3) is 1.00. The van der Waals surface area contributed by atoms with E-state index in [1.54, 1.807) is 7.11 Å². The van der Waals surface area contributed by atoms with Crippen LogP contribution in [0.2, 0.25) is 0 Å². The lowest BCUT2D eigenvalue weighted by molar-refractivity contribution is -0.0865. The van der Waals surface area contributed by atoms with E-state index >= 15 is 0 Å². The van der Waals surface area contributed by atoms with Crippen LogP contribution in [0.5, 0.6) is 0 Å². The highest BCUT2D eigenvalue weighted by atomic mass is 16.6. The predicted octanol–water partition coefficient (Wildman–Crippen LogP) is 0.0445. The number of nitrogens with one attached hydrogen (secondary N) is 1. The van der Waals surface area contributed by atoms with Crippen molar-refractivity contribution in [2.75, 3.05) is 59.8 Å². The van der Waals surface area contributed by atoms with Crippen molar-refractivity contribution < 1.29 is 18.9 Å². The minimum Gasteiger partial charge on any atom is -0.385 e. The van der Waals surface area contributed by atoms with Crippen LogP contribution in [0.25, 0.3) is 0 Å². The SMILES string of the molecule is COCCCOCCNCC1COCCO1. The van der Waals surface area contributed by atoms with Crippen LogP contribution in [0.1, 0.15) is 6.42 Å². The molecular formula is C11H23NO4. The minimum absolute atomic E-state index is 0.197. The maximum Gasteiger partial charge on any atom is 0.0933 e. The van der Waals surface area contributed by atoms with Gasteiger partial charge in [0.1, 0.15) is 0 Å². The second kappa shape index (κ2) is 9.99. The molecule has 1 unspecified atom stereocenters. The Bertz CT molecular complexity index is 151. The van der Waals surface area contributed by atoms with Crippen LogP contribution in [0.4, 0.5) is 0 Å². The molecule has 1 saturated heterocycles. The molecule has 5 heteroatoms. The molecule has 16 heavy (non-hydrogen) atoms. The number of methoxy groups -OCH3 is 1. The zero-order chi connectivity index (χ0) is 11.5. The summed E-state index contributed by atoms with van der Waals surface area (Å²) in [5, 5.41) is 3.28. The van der Waals surface area contributed by atoms with Crippen LogP contribution in [0.15, 0.2) is 0 Å². The van der Waals surface area contributed by atoms with Crippen molar-refractivity contribution in [2.45, 2.75) is 12.5 Å². The minimum atomic E-state index is 0.197. The first-order valence-electron chi connectivity index (χ1n) is 5.90. The van der Waals surface area contributed by atoms with Crippen molar-refractivity contribution in [1.29, 1.82) is 0 Å². The largest absolute Gasteiger partial charge is 0.385 e. The van der Waals surface area contributed by atoms with E-state index in [9.17, 15) is 0 Å². The second-order valence-electron chi connectivity index (χ2n) is 3.73. The fourth-order valence-corrected chi connectivity index (χ4v) is 1.47. The Kier molecular flexibility index (Phi) is 8.65. The zero-order valence-corrected chi connectivity index (χ0v) is 10.1. The molecule has 1 atom stereocenters. The van der Waals surface area contributed by atoms with Gasteiger partial charge in [-0.3, -0.25) is 0 Å². The van der Waals surface area contributed by atoms with Crippen molar-refractivity contribution in [3.05, 3.63) is 0 Å². The first kappa shape index (κ1) is 13.9. The van der Waals surface area contributed by atoms with Crippen LogP contribution in [0.3, 0.4) is 0 Å². The van der Waals surface area contributed by atoms with E-state index in [1.165, 1.54) is 0 Å². The molecule has 1 aliphatic heterocycles. The highest BCUT2D eigenvalue weighted by molar-refractivity contribution is 4.63. The van der Waals surface area contributed by atoms with Gasteiger partial charge < -0.3 is 24.3 Å². The molecule has 0 amide bonds. The van der Waals surface area contributed by atoms with Gasteiger partial charge in [-0.1, -0.05) is 0 Å². The van der Waals surface area contributed by atoms with Crippen molar-refractivity contribution in [3.63, 3.8) is 0 Å². The second-order valence-corrected chi connectivity index (χ2v) is 3.73. The molecule has 1 N–H and O–H groups in total. The molecular weight excluding hydrogens is 210 g/mol. The smallest absolute Gasteiger partial charge is 0.0933 e. The maximum absolute atomic E-state index is 5.49. The Morgan fingerprint density at radius 3 is 2.94 bits per heavy atom. The Hall–Kier alpha value is -0.200. The quantitative estimate of drug-likeness (QED) is 0.570. The van der Waals surface area contributed by atoms with Gasteiger partial charge in [0.2, 0.25) is 0 Å². The molecule has 96 valence electrons. The van der Waals surface area contributed by atoms with Crippen LogP contribution in [-0.4, -0.2) is 65.9 Å². The van der Waals surface area contributed by atoms with Gasteiger partial charge >= 0.3 is 0 Å². The Balaban J connectivity index is 1.77. The Morgan fingerprint density at radius 2 is 2.19 bits per heavy atom. The molecule has 0 radical (unpaired) electrons. The summed E-state index contributed by atoms with van der Waals surface area (Å²) in [6.07, 6.45) is 1.15. The molecule has 1 fully saturated rings. The topological polar surface area (TPSA) is 49.0 Å². The molecule has 5 nitrogen and oxygen atoms in total. The summed E-state index contributed by atoms with van der Waals surface area (Å²) >= 11 is 0. The van der Waals surface area contributed by atoms with Crippen molar-refractivity contribution in [2.24, 2.45) is 0 Å². The molecule has 0 spiro atoms. The lowest BCUT2D eigenvalue weighted by Crippen LogP contribution is -2.38. The van der Waals surface area contributed by atoms with Gasteiger partial charge in [0.25, 0.3) is 0 Å². The van der Waals surface area contributed by atoms with Crippen LogP contribution in [-0.2, 0) is 18.9 Å². The van der Waals surface area contributed by atoms with E-state index in [1.807, 2.05) is 0 Å². The Morgan fingerprint density at radius 1 is 1.25 bits per heavy atom. The van der Waals surface area contributed by atoms with E-state index in [0.717, 1.165) is 45.9 Å². The number of ether oxygens (including phenoxy) is 4. The fourth-order valence-electron chi connectivity index (χ4n) is 1.47. The van der Waals surface area contributed by atoms with E-state index < -0.39 is 0 Å². The average Bonchev–Trinajstić information content (AvgIpc) is 2.34. The van der Waals surface area contributed by atoms with Gasteiger partial charge in [0.05, 0.1) is 32.5 Å². The van der Waals surface area contributed by atoms with Crippen LogP contribution >= 0.6 is 0 Å². The van der Waals surface area contributed by atoms with Gasteiger partial charge in [-0.25, -0.2) is 0 Å². The first-order valence-corrected chi connectivity index (χ1v) is 5.90. The lowest BCUT2D eigenvalue weighted by atomic mass is 10.3. The third-order valence-corrected chi connectivity index (χ3v) is 2.32. The van der Waals surface area contributed by atoms with Gasteiger partial charge in [-0.15, -0.1) is 0 Å². The number of rotatable bonds is 9. The highest BCUT2D eigenvalue weighted by Gasteiger charge is 2.12. The predicted molar refractivity (Wildman–Crippen MR) is 60.7 cm³/mol. The molecule has 0 aliphatic carbocycles. The van der Waals surface area contributed by atoms with Crippen molar-refractivity contribution in [1.82, 2.24) is 5.32 Å². The normalized spacial score (nSPS) is 21.2. The third kappa shape index (κ3) is 7.14. The number of hydrogen-bond acceptors (Lipinski definition) is 5. The Labute approximate surface area is 97.4 Å².